The summed E-state index contributed by atoms with van der Waals surface area (Å²) in [5, 5.41) is 13.8. The van der Waals surface area contributed by atoms with Gasteiger partial charge in [0, 0.05) is 61.5 Å². The number of amides is 2. The van der Waals surface area contributed by atoms with Crippen molar-refractivity contribution in [3.05, 3.63) is 63.8 Å². The fraction of sp³-hybridized carbons (Fsp3) is 0.541. The van der Waals surface area contributed by atoms with Gasteiger partial charge in [-0.05, 0) is 68.2 Å². The summed E-state index contributed by atoms with van der Waals surface area (Å²) in [6.07, 6.45) is 6.31. The Labute approximate surface area is 297 Å². The molecule has 0 radical (unpaired) electrons. The number of carboxylic acids is 1. The van der Waals surface area contributed by atoms with E-state index in [0.29, 0.717) is 84.3 Å². The predicted molar refractivity (Wildman–Crippen MR) is 190 cm³/mol. The van der Waals surface area contributed by atoms with Crippen LogP contribution in [0.4, 0.5) is 5.69 Å². The Morgan fingerprint density at radius 1 is 0.980 bits per heavy atom. The van der Waals surface area contributed by atoms with E-state index in [0.717, 1.165) is 30.3 Å². The standard InChI is InChI=1S/C37H46Cl2N4O6/c1-22-12-26(20-48-3)42(17-22)25-15-27(21-49-28-10-8-23(9-11-28)37(46)47)43(18-25)35(44)14-24-13-32(39)33(16-31(24)38)40-36(45)30-19-41(2)34-7-5-4-6-29(30)34/h4-7,13,16,19,22-23,25-28H,8-12,14-15,17-18,20-21H2,1-3H3,(H,40,45)(H,46,47)/t22-,23-,25-,26-,27-,28-/m0/s1. The van der Waals surface area contributed by atoms with Crippen molar-refractivity contribution < 1.29 is 29.0 Å². The summed E-state index contributed by atoms with van der Waals surface area (Å²) < 4.78 is 13.8. The number of methoxy groups -OCH3 is 1. The van der Waals surface area contributed by atoms with Crippen molar-refractivity contribution >= 4 is 57.6 Å². The molecular weight excluding hydrogens is 667 g/mol. The number of anilines is 1. The fourth-order valence-electron chi connectivity index (χ4n) is 8.10. The normalized spacial score (nSPS) is 26.0. The van der Waals surface area contributed by atoms with Crippen LogP contribution in [0.25, 0.3) is 10.9 Å². The van der Waals surface area contributed by atoms with Gasteiger partial charge in [-0.1, -0.05) is 48.3 Å². The number of nitrogens with zero attached hydrogens (tertiary/aromatic N) is 3. The van der Waals surface area contributed by atoms with Gasteiger partial charge in [-0.2, -0.15) is 0 Å². The van der Waals surface area contributed by atoms with Crippen LogP contribution in [0.2, 0.25) is 10.0 Å². The van der Waals surface area contributed by atoms with Crippen molar-refractivity contribution in [2.75, 3.05) is 38.7 Å². The quantitative estimate of drug-likeness (QED) is 0.241. The fourth-order valence-corrected chi connectivity index (χ4v) is 8.57. The maximum Gasteiger partial charge on any atom is 0.306 e. The molecule has 3 fully saturated rings. The second kappa shape index (κ2) is 15.4. The summed E-state index contributed by atoms with van der Waals surface area (Å²) in [5.41, 5.74) is 2.43. The summed E-state index contributed by atoms with van der Waals surface area (Å²) >= 11 is 13.4. The van der Waals surface area contributed by atoms with Crippen molar-refractivity contribution in [3.8, 4) is 0 Å². The van der Waals surface area contributed by atoms with Gasteiger partial charge in [-0.15, -0.1) is 0 Å². The molecule has 10 nitrogen and oxygen atoms in total. The van der Waals surface area contributed by atoms with Crippen LogP contribution in [-0.2, 0) is 32.5 Å². The molecule has 0 spiro atoms. The number of ether oxygens (including phenoxy) is 2. The van der Waals surface area contributed by atoms with E-state index in [4.69, 9.17) is 32.7 Å². The highest BCUT2D eigenvalue weighted by molar-refractivity contribution is 6.36. The number of fused-ring (bicyclic) bond motifs is 1. The van der Waals surface area contributed by atoms with Crippen LogP contribution < -0.4 is 5.32 Å². The minimum absolute atomic E-state index is 0.00969. The number of carbonyl (C=O) groups is 3. The lowest BCUT2D eigenvalue weighted by molar-refractivity contribution is -0.144. The van der Waals surface area contributed by atoms with Crippen LogP contribution >= 0.6 is 23.2 Å². The maximum atomic E-state index is 14.1. The van der Waals surface area contributed by atoms with Crippen LogP contribution in [0.15, 0.2) is 42.6 Å². The molecule has 3 aliphatic rings. The van der Waals surface area contributed by atoms with E-state index in [2.05, 4.69) is 17.1 Å². The van der Waals surface area contributed by atoms with E-state index in [1.807, 2.05) is 40.8 Å². The van der Waals surface area contributed by atoms with E-state index in [-0.39, 0.29) is 42.3 Å². The first-order valence-corrected chi connectivity index (χ1v) is 18.0. The molecule has 2 aromatic carbocycles. The van der Waals surface area contributed by atoms with Crippen LogP contribution in [-0.4, -0.2) is 94.9 Å². The predicted octanol–water partition coefficient (Wildman–Crippen LogP) is 6.27. The number of hydrogen-bond donors (Lipinski definition) is 2. The minimum atomic E-state index is -0.738. The third-order valence-corrected chi connectivity index (χ3v) is 11.3. The van der Waals surface area contributed by atoms with Gasteiger partial charge in [0.25, 0.3) is 5.91 Å². The SMILES string of the molecule is COC[C@@H]1C[C@H](C)CN1[C@H]1C[C@@H](CO[C@H]2CC[C@H](C(=O)O)CC2)N(C(=O)Cc2cc(Cl)c(NC(=O)c3cn(C)c4ccccc34)cc2Cl)C1. The van der Waals surface area contributed by atoms with E-state index < -0.39 is 5.97 Å². The largest absolute Gasteiger partial charge is 0.481 e. The number of benzene rings is 2. The Hall–Kier alpha value is -3.15. The number of carbonyl (C=O) groups excluding carboxylic acids is 2. The highest BCUT2D eigenvalue weighted by atomic mass is 35.5. The average Bonchev–Trinajstić information content (AvgIpc) is 3.77. The molecule has 0 unspecified atom stereocenters. The van der Waals surface area contributed by atoms with E-state index in [1.165, 1.54) is 0 Å². The Bertz CT molecular complexity index is 1690. The maximum absolute atomic E-state index is 14.1. The van der Waals surface area contributed by atoms with E-state index in [9.17, 15) is 19.5 Å². The summed E-state index contributed by atoms with van der Waals surface area (Å²) in [7, 11) is 3.63. The number of hydrogen-bond acceptors (Lipinski definition) is 6. The third kappa shape index (κ3) is 7.94. The van der Waals surface area contributed by atoms with Crippen molar-refractivity contribution in [1.82, 2.24) is 14.4 Å². The zero-order valence-corrected chi connectivity index (χ0v) is 29.9. The molecule has 2 aliphatic heterocycles. The number of likely N-dealkylation sites (tertiary alicyclic amines) is 2. The lowest BCUT2D eigenvalue weighted by Gasteiger charge is -2.30. The zero-order chi connectivity index (χ0) is 34.8. The molecule has 49 heavy (non-hydrogen) atoms. The first-order valence-electron chi connectivity index (χ1n) is 17.2. The Morgan fingerprint density at radius 2 is 1.73 bits per heavy atom. The third-order valence-electron chi connectivity index (χ3n) is 10.6. The number of aromatic nitrogens is 1. The number of rotatable bonds is 11. The molecular formula is C37H46Cl2N4O6. The molecule has 264 valence electrons. The average molecular weight is 714 g/mol. The molecule has 2 N–H and O–H groups in total. The van der Waals surface area contributed by atoms with Crippen LogP contribution in [0.3, 0.4) is 0 Å². The first-order chi connectivity index (χ1) is 23.5. The number of aryl methyl sites for hydroxylation is 1. The molecule has 1 aromatic heterocycles. The van der Waals surface area contributed by atoms with Gasteiger partial charge < -0.3 is 29.4 Å². The number of para-hydroxylation sites is 1. The minimum Gasteiger partial charge on any atom is -0.481 e. The number of aliphatic carboxylic acids is 1. The molecule has 3 heterocycles. The van der Waals surface area contributed by atoms with Gasteiger partial charge in [-0.25, -0.2) is 0 Å². The van der Waals surface area contributed by atoms with Crippen molar-refractivity contribution in [2.45, 2.75) is 76.1 Å². The molecule has 1 saturated carbocycles. The van der Waals surface area contributed by atoms with Crippen LogP contribution in [0, 0.1) is 11.8 Å². The Kier molecular flexibility index (Phi) is 11.2. The molecule has 2 amide bonds. The number of nitrogens with one attached hydrogen (secondary N) is 1. The van der Waals surface area contributed by atoms with Crippen molar-refractivity contribution in [3.63, 3.8) is 0 Å². The van der Waals surface area contributed by atoms with E-state index in [1.54, 1.807) is 25.4 Å². The van der Waals surface area contributed by atoms with Gasteiger partial charge >= 0.3 is 5.97 Å². The molecule has 1 aliphatic carbocycles. The summed E-state index contributed by atoms with van der Waals surface area (Å²) in [6.45, 7) is 4.85. The zero-order valence-electron chi connectivity index (χ0n) is 28.4. The number of carboxylic acid groups (broad SMARTS) is 1. The highest BCUT2D eigenvalue weighted by Crippen LogP contribution is 2.35. The lowest BCUT2D eigenvalue weighted by Crippen LogP contribution is -2.44. The van der Waals surface area contributed by atoms with Crippen LogP contribution in [0.1, 0.15) is 61.4 Å². The molecule has 12 heteroatoms. The van der Waals surface area contributed by atoms with Crippen LogP contribution in [0.5, 0.6) is 0 Å². The Balaban J connectivity index is 1.15. The topological polar surface area (TPSA) is 113 Å². The molecule has 6 rings (SSSR count). The smallest absolute Gasteiger partial charge is 0.306 e. The summed E-state index contributed by atoms with van der Waals surface area (Å²) in [4.78, 5) is 43.2. The first kappa shape index (κ1) is 35.7. The molecule has 4 atom stereocenters. The van der Waals surface area contributed by atoms with E-state index >= 15 is 0 Å². The number of halogens is 2. The monoisotopic (exact) mass is 712 g/mol. The second-order valence-corrected chi connectivity index (χ2v) is 14.9. The van der Waals surface area contributed by atoms with Gasteiger partial charge in [0.05, 0.1) is 54.0 Å². The summed E-state index contributed by atoms with van der Waals surface area (Å²) in [5.74, 6) is -0.864. The second-order valence-electron chi connectivity index (χ2n) is 14.1. The van der Waals surface area contributed by atoms with Gasteiger partial charge in [0.15, 0.2) is 0 Å². The lowest BCUT2D eigenvalue weighted by atomic mass is 9.87. The van der Waals surface area contributed by atoms with Crippen molar-refractivity contribution in [1.29, 1.82) is 0 Å². The van der Waals surface area contributed by atoms with Gasteiger partial charge in [0.1, 0.15) is 0 Å². The highest BCUT2D eigenvalue weighted by Gasteiger charge is 2.43. The van der Waals surface area contributed by atoms with Gasteiger partial charge in [0.2, 0.25) is 5.91 Å². The Morgan fingerprint density at radius 3 is 2.47 bits per heavy atom. The van der Waals surface area contributed by atoms with Gasteiger partial charge in [-0.3, -0.25) is 19.3 Å². The van der Waals surface area contributed by atoms with Crippen molar-refractivity contribution in [2.24, 2.45) is 18.9 Å². The molecule has 3 aromatic rings. The summed E-state index contributed by atoms with van der Waals surface area (Å²) in [6, 6.07) is 11.3. The molecule has 0 bridgehead atoms. The molecule has 2 saturated heterocycles.